The third-order valence-corrected chi connectivity index (χ3v) is 2.96. The fourth-order valence-corrected chi connectivity index (χ4v) is 1.99. The average Bonchev–Trinajstić information content (AvgIpc) is 2.88. The van der Waals surface area contributed by atoms with E-state index >= 15 is 0 Å². The molecule has 0 spiro atoms. The zero-order valence-electron chi connectivity index (χ0n) is 10.1. The second-order valence-corrected chi connectivity index (χ2v) is 4.30. The third kappa shape index (κ3) is 2.66. The molecule has 18 heavy (non-hydrogen) atoms. The Morgan fingerprint density at radius 3 is 2.83 bits per heavy atom. The number of furan rings is 1. The van der Waals surface area contributed by atoms with Crippen molar-refractivity contribution < 1.29 is 4.42 Å². The molecule has 92 valence electrons. The molecular weight excluding hydrogens is 248 g/mol. The van der Waals surface area contributed by atoms with E-state index in [1.165, 1.54) is 0 Å². The Morgan fingerprint density at radius 1 is 1.39 bits per heavy atom. The molecule has 0 aliphatic rings. The maximum Gasteiger partial charge on any atom is 0.123 e. The number of nitriles is 1. The highest BCUT2D eigenvalue weighted by Crippen LogP contribution is 2.25. The number of halogens is 1. The molecule has 0 fully saturated rings. The van der Waals surface area contributed by atoms with Gasteiger partial charge in [-0.05, 0) is 37.3 Å². The Bertz CT molecular complexity index is 558. The highest BCUT2D eigenvalue weighted by atomic mass is 35.5. The van der Waals surface area contributed by atoms with Crippen LogP contribution in [0.1, 0.15) is 18.2 Å². The molecule has 0 atom stereocenters. The Hall–Kier alpha value is -1.92. The number of nitrogens with zero attached hydrogens (tertiary/aromatic N) is 2. The van der Waals surface area contributed by atoms with Gasteiger partial charge in [0.25, 0.3) is 0 Å². The molecule has 0 radical (unpaired) electrons. The summed E-state index contributed by atoms with van der Waals surface area (Å²) < 4.78 is 5.33. The van der Waals surface area contributed by atoms with Crippen LogP contribution in [-0.4, -0.2) is 6.54 Å². The highest BCUT2D eigenvalue weighted by molar-refractivity contribution is 6.30. The van der Waals surface area contributed by atoms with E-state index in [9.17, 15) is 0 Å². The van der Waals surface area contributed by atoms with E-state index in [4.69, 9.17) is 21.3 Å². The van der Waals surface area contributed by atoms with Gasteiger partial charge >= 0.3 is 0 Å². The summed E-state index contributed by atoms with van der Waals surface area (Å²) in [7, 11) is 0. The van der Waals surface area contributed by atoms with Gasteiger partial charge in [0.1, 0.15) is 11.8 Å². The SMILES string of the molecule is CCN(Cc1ccco1)c1cc(Cl)ccc1C#N. The van der Waals surface area contributed by atoms with Gasteiger partial charge in [0.2, 0.25) is 0 Å². The van der Waals surface area contributed by atoms with Crippen molar-refractivity contribution in [1.82, 2.24) is 0 Å². The summed E-state index contributed by atoms with van der Waals surface area (Å²) in [5.74, 6) is 0.862. The van der Waals surface area contributed by atoms with Crippen LogP contribution < -0.4 is 4.90 Å². The van der Waals surface area contributed by atoms with Crippen molar-refractivity contribution in [2.45, 2.75) is 13.5 Å². The monoisotopic (exact) mass is 260 g/mol. The van der Waals surface area contributed by atoms with Gasteiger partial charge in [0.05, 0.1) is 24.1 Å². The van der Waals surface area contributed by atoms with Crippen molar-refractivity contribution in [3.63, 3.8) is 0 Å². The predicted molar refractivity (Wildman–Crippen MR) is 71.6 cm³/mol. The molecule has 0 saturated heterocycles. The molecule has 0 aliphatic heterocycles. The van der Waals surface area contributed by atoms with E-state index < -0.39 is 0 Å². The molecular formula is C14H13ClN2O. The van der Waals surface area contributed by atoms with Gasteiger partial charge in [-0.25, -0.2) is 0 Å². The summed E-state index contributed by atoms with van der Waals surface area (Å²) in [4.78, 5) is 2.06. The largest absolute Gasteiger partial charge is 0.467 e. The topological polar surface area (TPSA) is 40.2 Å². The maximum absolute atomic E-state index is 9.14. The molecule has 0 N–H and O–H groups in total. The van der Waals surface area contributed by atoms with Gasteiger partial charge in [-0.1, -0.05) is 11.6 Å². The first-order valence-electron chi connectivity index (χ1n) is 5.71. The van der Waals surface area contributed by atoms with Gasteiger partial charge in [-0.3, -0.25) is 0 Å². The second kappa shape index (κ2) is 5.61. The van der Waals surface area contributed by atoms with Crippen LogP contribution in [-0.2, 0) is 6.54 Å². The second-order valence-electron chi connectivity index (χ2n) is 3.87. The number of hydrogen-bond donors (Lipinski definition) is 0. The summed E-state index contributed by atoms with van der Waals surface area (Å²) >= 11 is 6.00. The normalized spacial score (nSPS) is 10.1. The molecule has 4 heteroatoms. The van der Waals surface area contributed by atoms with Crippen molar-refractivity contribution in [3.8, 4) is 6.07 Å². The van der Waals surface area contributed by atoms with Crippen LogP contribution in [0.2, 0.25) is 5.02 Å². The van der Waals surface area contributed by atoms with E-state index in [1.807, 2.05) is 25.1 Å². The predicted octanol–water partition coefficient (Wildman–Crippen LogP) is 3.83. The number of anilines is 1. The third-order valence-electron chi connectivity index (χ3n) is 2.73. The van der Waals surface area contributed by atoms with Crippen LogP contribution in [0, 0.1) is 11.3 Å². The molecule has 1 aromatic heterocycles. The summed E-state index contributed by atoms with van der Waals surface area (Å²) in [5, 5.41) is 9.76. The van der Waals surface area contributed by atoms with Crippen LogP contribution in [0.15, 0.2) is 41.0 Å². The lowest BCUT2D eigenvalue weighted by atomic mass is 10.1. The zero-order chi connectivity index (χ0) is 13.0. The van der Waals surface area contributed by atoms with E-state index in [2.05, 4.69) is 11.0 Å². The number of rotatable bonds is 4. The van der Waals surface area contributed by atoms with Crippen LogP contribution >= 0.6 is 11.6 Å². The molecule has 0 aliphatic carbocycles. The van der Waals surface area contributed by atoms with Crippen LogP contribution in [0.25, 0.3) is 0 Å². The first-order valence-corrected chi connectivity index (χ1v) is 6.09. The minimum absolute atomic E-state index is 0.618. The smallest absolute Gasteiger partial charge is 0.123 e. The van der Waals surface area contributed by atoms with E-state index in [-0.39, 0.29) is 0 Å². The molecule has 2 aromatic rings. The van der Waals surface area contributed by atoms with E-state index in [1.54, 1.807) is 18.4 Å². The quantitative estimate of drug-likeness (QED) is 0.839. The first-order chi connectivity index (χ1) is 8.74. The van der Waals surface area contributed by atoms with Crippen LogP contribution in [0.4, 0.5) is 5.69 Å². The minimum Gasteiger partial charge on any atom is -0.467 e. The van der Waals surface area contributed by atoms with Gasteiger partial charge in [0, 0.05) is 11.6 Å². The van der Waals surface area contributed by atoms with Crippen molar-refractivity contribution >= 4 is 17.3 Å². The van der Waals surface area contributed by atoms with Crippen molar-refractivity contribution in [2.75, 3.05) is 11.4 Å². The maximum atomic E-state index is 9.14. The van der Waals surface area contributed by atoms with Crippen LogP contribution in [0.3, 0.4) is 0 Å². The molecule has 0 bridgehead atoms. The molecule has 1 heterocycles. The lowest BCUT2D eigenvalue weighted by Gasteiger charge is -2.23. The van der Waals surface area contributed by atoms with Gasteiger partial charge < -0.3 is 9.32 Å². The summed E-state index contributed by atoms with van der Waals surface area (Å²) in [6, 6.07) is 11.2. The minimum atomic E-state index is 0.618. The lowest BCUT2D eigenvalue weighted by Crippen LogP contribution is -2.22. The highest BCUT2D eigenvalue weighted by Gasteiger charge is 2.12. The Morgan fingerprint density at radius 2 is 2.22 bits per heavy atom. The fraction of sp³-hybridized carbons (Fsp3) is 0.214. The van der Waals surface area contributed by atoms with Crippen molar-refractivity contribution in [1.29, 1.82) is 5.26 Å². The first kappa shape index (κ1) is 12.5. The van der Waals surface area contributed by atoms with Crippen molar-refractivity contribution in [3.05, 3.63) is 52.9 Å². The number of hydrogen-bond acceptors (Lipinski definition) is 3. The fourth-order valence-electron chi connectivity index (χ4n) is 1.82. The van der Waals surface area contributed by atoms with E-state index in [0.717, 1.165) is 18.0 Å². The molecule has 3 nitrogen and oxygen atoms in total. The standard InChI is InChI=1S/C14H13ClN2O/c1-2-17(10-13-4-3-7-18-13)14-8-12(15)6-5-11(14)9-16/h3-8H,2,10H2,1H3. The van der Waals surface area contributed by atoms with Gasteiger partial charge in [0.15, 0.2) is 0 Å². The summed E-state index contributed by atoms with van der Waals surface area (Å²) in [6.07, 6.45) is 1.65. The Labute approximate surface area is 111 Å². The summed E-state index contributed by atoms with van der Waals surface area (Å²) in [6.45, 7) is 3.43. The van der Waals surface area contributed by atoms with E-state index in [0.29, 0.717) is 17.1 Å². The van der Waals surface area contributed by atoms with Gasteiger partial charge in [-0.15, -0.1) is 0 Å². The molecule has 0 saturated carbocycles. The Kier molecular flexibility index (Phi) is 3.91. The number of benzene rings is 1. The van der Waals surface area contributed by atoms with Gasteiger partial charge in [-0.2, -0.15) is 5.26 Å². The molecule has 0 unspecified atom stereocenters. The lowest BCUT2D eigenvalue weighted by molar-refractivity contribution is 0.503. The van der Waals surface area contributed by atoms with Crippen molar-refractivity contribution in [2.24, 2.45) is 0 Å². The summed E-state index contributed by atoms with van der Waals surface area (Å²) in [5.41, 5.74) is 1.46. The Balaban J connectivity index is 2.32. The molecule has 1 aromatic carbocycles. The van der Waals surface area contributed by atoms with Crippen LogP contribution in [0.5, 0.6) is 0 Å². The molecule has 0 amide bonds. The molecule has 2 rings (SSSR count). The average molecular weight is 261 g/mol. The zero-order valence-corrected chi connectivity index (χ0v) is 10.8.